The maximum atomic E-state index is 12.3. The van der Waals surface area contributed by atoms with Gasteiger partial charge in [-0.15, -0.1) is 0 Å². The molecule has 2 unspecified atom stereocenters. The first kappa shape index (κ1) is 15.7. The maximum Gasteiger partial charge on any atom is 0.229 e. The Hall–Kier alpha value is -1.65. The third kappa shape index (κ3) is 4.16. The summed E-state index contributed by atoms with van der Waals surface area (Å²) in [6, 6.07) is 15.2. The Morgan fingerprint density at radius 1 is 1.19 bits per heavy atom. The molecule has 0 heterocycles. The molecule has 0 saturated carbocycles. The van der Waals surface area contributed by atoms with Gasteiger partial charge in [0.1, 0.15) is 0 Å². The predicted molar refractivity (Wildman–Crippen MR) is 90.0 cm³/mol. The molecule has 110 valence electrons. The summed E-state index contributed by atoms with van der Waals surface area (Å²) in [6.07, 6.45) is 0. The van der Waals surface area contributed by atoms with E-state index in [1.54, 1.807) is 0 Å². The maximum absolute atomic E-state index is 12.3. The van der Waals surface area contributed by atoms with Crippen LogP contribution in [0.2, 0.25) is 0 Å². The number of carbonyl (C=O) groups excluding carboxylic acids is 1. The second-order valence-corrected chi connectivity index (χ2v) is 6.15. The van der Waals surface area contributed by atoms with Crippen molar-refractivity contribution in [3.63, 3.8) is 0 Å². The van der Waals surface area contributed by atoms with E-state index < -0.39 is 0 Å². The number of hydrogen-bond acceptors (Lipinski definition) is 2. The van der Waals surface area contributed by atoms with Gasteiger partial charge >= 0.3 is 0 Å². The molecule has 4 heteroatoms. The third-order valence-corrected chi connectivity index (χ3v) is 3.90. The first-order valence-electron chi connectivity index (χ1n) is 6.86. The number of carbonyl (C=O) groups is 1. The number of nitrogens with two attached hydrogens (primary N) is 1. The summed E-state index contributed by atoms with van der Waals surface area (Å²) in [5.74, 6) is -0.393. The van der Waals surface area contributed by atoms with Crippen molar-refractivity contribution in [2.45, 2.75) is 19.9 Å². The highest BCUT2D eigenvalue weighted by Crippen LogP contribution is 2.23. The number of rotatable bonds is 4. The van der Waals surface area contributed by atoms with Crippen molar-refractivity contribution in [2.24, 2.45) is 11.7 Å². The fraction of sp³-hybridized carbons (Fsp3) is 0.235. The average molecular weight is 347 g/mol. The van der Waals surface area contributed by atoms with Crippen LogP contribution in [0.3, 0.4) is 0 Å². The van der Waals surface area contributed by atoms with E-state index in [1.165, 1.54) is 0 Å². The van der Waals surface area contributed by atoms with E-state index in [4.69, 9.17) is 5.73 Å². The Balaban J connectivity index is 2.09. The van der Waals surface area contributed by atoms with Crippen LogP contribution in [0, 0.1) is 12.8 Å². The molecule has 1 amide bonds. The van der Waals surface area contributed by atoms with Crippen LogP contribution in [0.4, 0.5) is 5.69 Å². The lowest BCUT2D eigenvalue weighted by molar-refractivity contribution is -0.120. The molecule has 2 atom stereocenters. The minimum Gasteiger partial charge on any atom is -0.326 e. The van der Waals surface area contributed by atoms with E-state index in [2.05, 4.69) is 21.2 Å². The fourth-order valence-electron chi connectivity index (χ4n) is 2.19. The van der Waals surface area contributed by atoms with E-state index in [1.807, 2.05) is 62.4 Å². The zero-order valence-corrected chi connectivity index (χ0v) is 13.7. The molecule has 21 heavy (non-hydrogen) atoms. The summed E-state index contributed by atoms with van der Waals surface area (Å²) >= 11 is 3.43. The Kier molecular flexibility index (Phi) is 5.15. The van der Waals surface area contributed by atoms with Crippen LogP contribution >= 0.6 is 15.9 Å². The van der Waals surface area contributed by atoms with Gasteiger partial charge in [-0.3, -0.25) is 4.79 Å². The Morgan fingerprint density at radius 3 is 2.48 bits per heavy atom. The first-order chi connectivity index (χ1) is 9.97. The van der Waals surface area contributed by atoms with Crippen LogP contribution in [0.15, 0.2) is 53.0 Å². The number of hydrogen-bond donors (Lipinski definition) is 2. The minimum absolute atomic E-state index is 0.0798. The lowest BCUT2D eigenvalue weighted by Gasteiger charge is -2.20. The van der Waals surface area contributed by atoms with Crippen molar-refractivity contribution in [2.75, 3.05) is 5.32 Å². The van der Waals surface area contributed by atoms with Gasteiger partial charge in [-0.05, 0) is 36.2 Å². The number of anilines is 1. The summed E-state index contributed by atoms with van der Waals surface area (Å²) in [5, 5.41) is 2.93. The molecule has 0 aliphatic carbocycles. The molecule has 0 aromatic heterocycles. The molecule has 0 fully saturated rings. The van der Waals surface area contributed by atoms with Gasteiger partial charge in [0.25, 0.3) is 0 Å². The molecule has 3 N–H and O–H groups in total. The molecule has 0 aliphatic heterocycles. The van der Waals surface area contributed by atoms with Gasteiger partial charge in [-0.1, -0.05) is 53.2 Å². The van der Waals surface area contributed by atoms with Gasteiger partial charge in [0, 0.05) is 16.2 Å². The van der Waals surface area contributed by atoms with Gasteiger partial charge in [0.2, 0.25) is 5.91 Å². The highest BCUT2D eigenvalue weighted by atomic mass is 79.9. The first-order valence-corrected chi connectivity index (χ1v) is 7.65. The lowest BCUT2D eigenvalue weighted by Crippen LogP contribution is -2.30. The van der Waals surface area contributed by atoms with Crippen molar-refractivity contribution in [1.82, 2.24) is 0 Å². The standard InChI is InChI=1S/C17H19BrN2O/c1-11-8-14(18)10-15(9-11)20-17(21)12(2)16(19)13-6-4-3-5-7-13/h3-10,12,16H,19H2,1-2H3,(H,20,21). The van der Waals surface area contributed by atoms with Crippen LogP contribution in [0.1, 0.15) is 24.1 Å². The SMILES string of the molecule is Cc1cc(Br)cc(NC(=O)C(C)C(N)c2ccccc2)c1. The number of nitrogens with one attached hydrogen (secondary N) is 1. The molecule has 2 rings (SSSR count). The Morgan fingerprint density at radius 2 is 1.86 bits per heavy atom. The molecule has 2 aromatic carbocycles. The van der Waals surface area contributed by atoms with E-state index >= 15 is 0 Å². The van der Waals surface area contributed by atoms with Crippen LogP contribution < -0.4 is 11.1 Å². The van der Waals surface area contributed by atoms with Crippen molar-refractivity contribution >= 4 is 27.5 Å². The quantitative estimate of drug-likeness (QED) is 0.877. The lowest BCUT2D eigenvalue weighted by atomic mass is 9.94. The van der Waals surface area contributed by atoms with Gasteiger partial charge in [-0.25, -0.2) is 0 Å². The summed E-state index contributed by atoms with van der Waals surface area (Å²) in [6.45, 7) is 3.83. The monoisotopic (exact) mass is 346 g/mol. The van der Waals surface area contributed by atoms with Crippen molar-refractivity contribution in [1.29, 1.82) is 0 Å². The molecule has 0 bridgehead atoms. The topological polar surface area (TPSA) is 55.1 Å². The van der Waals surface area contributed by atoms with Crippen molar-refractivity contribution in [3.8, 4) is 0 Å². The summed E-state index contributed by atoms with van der Waals surface area (Å²) in [4.78, 5) is 12.3. The molecular formula is C17H19BrN2O. The minimum atomic E-state index is -0.320. The van der Waals surface area contributed by atoms with Crippen molar-refractivity contribution in [3.05, 3.63) is 64.1 Å². The van der Waals surface area contributed by atoms with E-state index in [9.17, 15) is 4.79 Å². The van der Waals surface area contributed by atoms with Gasteiger partial charge in [0.15, 0.2) is 0 Å². The highest BCUT2D eigenvalue weighted by Gasteiger charge is 2.22. The second-order valence-electron chi connectivity index (χ2n) is 5.23. The van der Waals surface area contributed by atoms with Gasteiger partial charge in [0.05, 0.1) is 5.92 Å². The van der Waals surface area contributed by atoms with Crippen LogP contribution in [0.5, 0.6) is 0 Å². The normalized spacial score (nSPS) is 13.5. The average Bonchev–Trinajstić information content (AvgIpc) is 2.45. The number of benzene rings is 2. The zero-order chi connectivity index (χ0) is 15.4. The van der Waals surface area contributed by atoms with Crippen molar-refractivity contribution < 1.29 is 4.79 Å². The second kappa shape index (κ2) is 6.87. The summed E-state index contributed by atoms with van der Waals surface area (Å²) in [7, 11) is 0. The Bertz CT molecular complexity index is 608. The predicted octanol–water partition coefficient (Wildman–Crippen LogP) is 4.03. The fourth-order valence-corrected chi connectivity index (χ4v) is 2.80. The highest BCUT2D eigenvalue weighted by molar-refractivity contribution is 9.10. The zero-order valence-electron chi connectivity index (χ0n) is 12.1. The van der Waals surface area contributed by atoms with E-state index in [0.29, 0.717) is 0 Å². The molecule has 0 aliphatic rings. The molecule has 2 aromatic rings. The molecule has 0 spiro atoms. The van der Waals surface area contributed by atoms with Crippen LogP contribution in [0.25, 0.3) is 0 Å². The summed E-state index contributed by atoms with van der Waals surface area (Å²) < 4.78 is 0.942. The summed E-state index contributed by atoms with van der Waals surface area (Å²) in [5.41, 5.74) is 9.01. The van der Waals surface area contributed by atoms with Gasteiger partial charge in [-0.2, -0.15) is 0 Å². The number of halogens is 1. The number of amides is 1. The molecule has 0 radical (unpaired) electrons. The molecular weight excluding hydrogens is 328 g/mol. The van der Waals surface area contributed by atoms with Crippen LogP contribution in [-0.4, -0.2) is 5.91 Å². The largest absolute Gasteiger partial charge is 0.326 e. The van der Waals surface area contributed by atoms with E-state index in [0.717, 1.165) is 21.3 Å². The number of aryl methyl sites for hydroxylation is 1. The smallest absolute Gasteiger partial charge is 0.229 e. The van der Waals surface area contributed by atoms with E-state index in [-0.39, 0.29) is 17.9 Å². The van der Waals surface area contributed by atoms with Crippen LogP contribution in [-0.2, 0) is 4.79 Å². The Labute approximate surface area is 133 Å². The molecule has 3 nitrogen and oxygen atoms in total. The molecule has 0 saturated heterocycles. The van der Waals surface area contributed by atoms with Gasteiger partial charge < -0.3 is 11.1 Å². The third-order valence-electron chi connectivity index (χ3n) is 3.45.